The average molecular weight is 475 g/mol. The van der Waals surface area contributed by atoms with Crippen LogP contribution in [0.1, 0.15) is 18.0 Å². The van der Waals surface area contributed by atoms with Crippen LogP contribution >= 0.6 is 45.8 Å². The van der Waals surface area contributed by atoms with Crippen molar-refractivity contribution in [1.29, 1.82) is 0 Å². The predicted octanol–water partition coefficient (Wildman–Crippen LogP) is 5.08. The molecule has 1 aliphatic heterocycles. The summed E-state index contributed by atoms with van der Waals surface area (Å²) in [5, 5.41) is 7.23. The van der Waals surface area contributed by atoms with Crippen LogP contribution in [0.4, 0.5) is 5.69 Å². The third kappa shape index (κ3) is 3.53. The molecule has 1 unspecified atom stereocenters. The minimum Gasteiger partial charge on any atom is -0.464 e. The number of esters is 1. The fourth-order valence-electron chi connectivity index (χ4n) is 2.58. The second-order valence-corrected chi connectivity index (χ2v) is 7.34. The van der Waals surface area contributed by atoms with Crippen LogP contribution in [0, 0.1) is 3.57 Å². The Kier molecular flexibility index (Phi) is 5.32. The van der Waals surface area contributed by atoms with Crippen molar-refractivity contribution >= 4 is 63.2 Å². The fraction of sp³-hybridized carbons (Fsp3) is 0.176. The molecule has 1 aliphatic rings. The Morgan fingerprint density at radius 2 is 1.96 bits per heavy atom. The lowest BCUT2D eigenvalue weighted by atomic mass is 10.0. The summed E-state index contributed by atoms with van der Waals surface area (Å²) >= 11 is 14.6. The number of benzene rings is 2. The quantitative estimate of drug-likeness (QED) is 0.460. The Balaban J connectivity index is 2.04. The topological polar surface area (TPSA) is 41.9 Å². The zero-order chi connectivity index (χ0) is 17.3. The molecule has 2 aromatic rings. The summed E-state index contributed by atoms with van der Waals surface area (Å²) in [5.41, 5.74) is 2.11. The van der Waals surface area contributed by atoms with Gasteiger partial charge in [0.2, 0.25) is 0 Å². The molecule has 0 aliphatic carbocycles. The Morgan fingerprint density at radius 3 is 2.58 bits per heavy atom. The van der Waals surface area contributed by atoms with Gasteiger partial charge in [-0.15, -0.1) is 0 Å². The average Bonchev–Trinajstić information content (AvgIpc) is 3.00. The largest absolute Gasteiger partial charge is 0.464 e. The maximum absolute atomic E-state index is 11.9. The normalized spacial score (nSPS) is 16.9. The number of rotatable bonds is 3. The Morgan fingerprint density at radius 1 is 1.25 bits per heavy atom. The van der Waals surface area contributed by atoms with Gasteiger partial charge in [-0.25, -0.2) is 4.79 Å². The van der Waals surface area contributed by atoms with Crippen LogP contribution in [0.3, 0.4) is 0 Å². The number of nitrogens with zero attached hydrogens (tertiary/aromatic N) is 2. The van der Waals surface area contributed by atoms with Crippen molar-refractivity contribution in [2.45, 2.75) is 12.5 Å². The zero-order valence-electron chi connectivity index (χ0n) is 12.7. The van der Waals surface area contributed by atoms with E-state index in [2.05, 4.69) is 27.7 Å². The van der Waals surface area contributed by atoms with Gasteiger partial charge >= 0.3 is 5.97 Å². The van der Waals surface area contributed by atoms with Gasteiger partial charge in [-0.3, -0.25) is 5.01 Å². The second-order valence-electron chi connectivity index (χ2n) is 5.25. The molecule has 0 saturated carbocycles. The molecule has 1 atom stereocenters. The number of halogens is 3. The van der Waals surface area contributed by atoms with E-state index in [4.69, 9.17) is 27.9 Å². The van der Waals surface area contributed by atoms with Gasteiger partial charge in [-0.1, -0.05) is 35.3 Å². The summed E-state index contributed by atoms with van der Waals surface area (Å²) in [7, 11) is 1.35. The third-order valence-corrected chi connectivity index (χ3v) is 5.00. The number of hydrazone groups is 1. The standard InChI is InChI=1S/C17H13Cl2IN2O2/c1-24-17(23)14-9-16(10-2-5-12(20)6-3-10)22(21-14)15-7-4-11(18)8-13(15)19/h2-8,16H,9H2,1H3. The molecule has 24 heavy (non-hydrogen) atoms. The molecule has 1 heterocycles. The van der Waals surface area contributed by atoms with Crippen molar-refractivity contribution in [3.63, 3.8) is 0 Å². The third-order valence-electron chi connectivity index (χ3n) is 3.74. The lowest BCUT2D eigenvalue weighted by Gasteiger charge is -2.25. The minimum absolute atomic E-state index is 0.130. The van der Waals surface area contributed by atoms with E-state index in [0.717, 1.165) is 9.13 Å². The van der Waals surface area contributed by atoms with Gasteiger partial charge in [0.15, 0.2) is 0 Å². The summed E-state index contributed by atoms with van der Waals surface area (Å²) in [6.07, 6.45) is 0.451. The Labute approximate surface area is 163 Å². The van der Waals surface area contributed by atoms with Gasteiger partial charge in [-0.05, 0) is 58.5 Å². The summed E-state index contributed by atoms with van der Waals surface area (Å²) in [6, 6.07) is 13.2. The molecule has 0 spiro atoms. The molecule has 0 radical (unpaired) electrons. The number of hydrogen-bond donors (Lipinski definition) is 0. The predicted molar refractivity (Wildman–Crippen MR) is 105 cm³/mol. The molecule has 0 fully saturated rings. The lowest BCUT2D eigenvalue weighted by molar-refractivity contribution is -0.132. The summed E-state index contributed by atoms with van der Waals surface area (Å²) in [6.45, 7) is 0. The van der Waals surface area contributed by atoms with Crippen molar-refractivity contribution < 1.29 is 9.53 Å². The number of ether oxygens (including phenoxy) is 1. The molecule has 124 valence electrons. The molecule has 0 N–H and O–H groups in total. The summed E-state index contributed by atoms with van der Waals surface area (Å²) in [5.74, 6) is -0.432. The van der Waals surface area contributed by atoms with Gasteiger partial charge in [0, 0.05) is 15.0 Å². The van der Waals surface area contributed by atoms with E-state index >= 15 is 0 Å². The monoisotopic (exact) mass is 474 g/mol. The minimum atomic E-state index is -0.432. The number of methoxy groups -OCH3 is 1. The first-order valence-corrected chi connectivity index (χ1v) is 8.98. The SMILES string of the molecule is COC(=O)C1=NN(c2ccc(Cl)cc2Cl)C(c2ccc(I)cc2)C1. The Bertz CT molecular complexity index is 809. The van der Waals surface area contributed by atoms with Crippen molar-refractivity contribution in [3.8, 4) is 0 Å². The summed E-state index contributed by atoms with van der Waals surface area (Å²) in [4.78, 5) is 11.9. The fourth-order valence-corrected chi connectivity index (χ4v) is 3.44. The van der Waals surface area contributed by atoms with Crippen LogP contribution in [-0.4, -0.2) is 18.8 Å². The van der Waals surface area contributed by atoms with E-state index in [1.165, 1.54) is 7.11 Å². The second kappa shape index (κ2) is 7.29. The van der Waals surface area contributed by atoms with Gasteiger partial charge in [0.05, 0.1) is 23.9 Å². The number of carbonyl (C=O) groups is 1. The van der Waals surface area contributed by atoms with E-state index in [-0.39, 0.29) is 6.04 Å². The maximum atomic E-state index is 11.9. The highest BCUT2D eigenvalue weighted by Gasteiger charge is 2.33. The number of hydrogen-bond acceptors (Lipinski definition) is 4. The lowest BCUT2D eigenvalue weighted by Crippen LogP contribution is -2.19. The first-order chi connectivity index (χ1) is 11.5. The van der Waals surface area contributed by atoms with Crippen molar-refractivity contribution in [2.75, 3.05) is 12.1 Å². The first-order valence-electron chi connectivity index (χ1n) is 7.15. The smallest absolute Gasteiger partial charge is 0.354 e. The molecule has 0 saturated heterocycles. The van der Waals surface area contributed by atoms with Crippen molar-refractivity contribution in [3.05, 3.63) is 61.6 Å². The molecular weight excluding hydrogens is 462 g/mol. The highest BCUT2D eigenvalue weighted by atomic mass is 127. The highest BCUT2D eigenvalue weighted by molar-refractivity contribution is 14.1. The van der Waals surface area contributed by atoms with Crippen molar-refractivity contribution in [1.82, 2.24) is 0 Å². The highest BCUT2D eigenvalue weighted by Crippen LogP contribution is 2.39. The van der Waals surface area contributed by atoms with Crippen LogP contribution in [0.5, 0.6) is 0 Å². The van der Waals surface area contributed by atoms with Gasteiger partial charge in [0.1, 0.15) is 5.71 Å². The molecule has 4 nitrogen and oxygen atoms in total. The molecule has 0 aromatic heterocycles. The first kappa shape index (κ1) is 17.5. The van der Waals surface area contributed by atoms with Crippen LogP contribution in [0.25, 0.3) is 0 Å². The van der Waals surface area contributed by atoms with Crippen LogP contribution in [0.2, 0.25) is 10.0 Å². The van der Waals surface area contributed by atoms with Gasteiger partial charge in [-0.2, -0.15) is 5.10 Å². The van der Waals surface area contributed by atoms with Crippen molar-refractivity contribution in [2.24, 2.45) is 5.10 Å². The van der Waals surface area contributed by atoms with Gasteiger partial charge < -0.3 is 4.74 Å². The van der Waals surface area contributed by atoms with E-state index in [1.807, 2.05) is 24.3 Å². The molecule has 0 bridgehead atoms. The van der Waals surface area contributed by atoms with Crippen LogP contribution in [-0.2, 0) is 9.53 Å². The molecule has 2 aromatic carbocycles. The van der Waals surface area contributed by atoms with E-state index in [1.54, 1.807) is 23.2 Å². The number of carbonyl (C=O) groups excluding carboxylic acids is 1. The molecule has 3 rings (SSSR count). The van der Waals surface area contributed by atoms with E-state index in [0.29, 0.717) is 27.9 Å². The van der Waals surface area contributed by atoms with E-state index in [9.17, 15) is 4.79 Å². The van der Waals surface area contributed by atoms with E-state index < -0.39 is 5.97 Å². The van der Waals surface area contributed by atoms with Crippen LogP contribution in [0.15, 0.2) is 47.6 Å². The zero-order valence-corrected chi connectivity index (χ0v) is 16.3. The molecule has 7 heteroatoms. The molecule has 0 amide bonds. The Hall–Kier alpha value is -1.31. The van der Waals surface area contributed by atoms with Gasteiger partial charge in [0.25, 0.3) is 0 Å². The molecular formula is C17H13Cl2IN2O2. The summed E-state index contributed by atoms with van der Waals surface area (Å²) < 4.78 is 5.96. The van der Waals surface area contributed by atoms with Crippen LogP contribution < -0.4 is 5.01 Å². The number of anilines is 1. The maximum Gasteiger partial charge on any atom is 0.354 e.